The van der Waals surface area contributed by atoms with Gasteiger partial charge in [-0.25, -0.2) is 4.98 Å². The molecule has 1 aromatic carbocycles. The molecule has 0 radical (unpaired) electrons. The van der Waals surface area contributed by atoms with Crippen molar-refractivity contribution in [3.8, 4) is 11.3 Å². The molecule has 1 heterocycles. The first kappa shape index (κ1) is 9.46. The molecule has 3 heteroatoms. The van der Waals surface area contributed by atoms with Crippen LogP contribution in [0.4, 0.5) is 5.82 Å². The zero-order valence-electron chi connectivity index (χ0n) is 9.35. The molecule has 0 spiro atoms. The van der Waals surface area contributed by atoms with Crippen LogP contribution in [0.15, 0.2) is 30.3 Å². The van der Waals surface area contributed by atoms with Crippen LogP contribution in [0.25, 0.3) is 11.3 Å². The van der Waals surface area contributed by atoms with Gasteiger partial charge in [0.05, 0.1) is 0 Å². The maximum absolute atomic E-state index is 6.10. The summed E-state index contributed by atoms with van der Waals surface area (Å²) >= 11 is 0. The molecule has 0 aliphatic heterocycles. The zero-order chi connectivity index (χ0) is 11.1. The van der Waals surface area contributed by atoms with Crippen molar-refractivity contribution in [2.24, 2.45) is 7.05 Å². The van der Waals surface area contributed by atoms with Crippen LogP contribution in [0, 0.1) is 0 Å². The van der Waals surface area contributed by atoms with E-state index in [1.54, 1.807) is 0 Å². The molecule has 0 unspecified atom stereocenters. The summed E-state index contributed by atoms with van der Waals surface area (Å²) in [6.07, 6.45) is 2.50. The number of hydrogen-bond acceptors (Lipinski definition) is 2. The fraction of sp³-hybridized carbons (Fsp3) is 0.308. The number of nitrogens with two attached hydrogens (primary N) is 1. The molecule has 1 aromatic heterocycles. The van der Waals surface area contributed by atoms with Crippen molar-refractivity contribution in [3.05, 3.63) is 36.2 Å². The van der Waals surface area contributed by atoms with Crippen molar-refractivity contribution in [2.75, 3.05) is 5.73 Å². The van der Waals surface area contributed by atoms with Gasteiger partial charge in [-0.05, 0) is 12.8 Å². The SMILES string of the molecule is Cn1c(C2CC2)nc(-c2ccccc2)c1N. The summed E-state index contributed by atoms with van der Waals surface area (Å²) < 4.78 is 2.03. The maximum atomic E-state index is 6.10. The Hall–Kier alpha value is -1.77. The second-order valence-electron chi connectivity index (χ2n) is 4.40. The summed E-state index contributed by atoms with van der Waals surface area (Å²) in [5.74, 6) is 2.54. The Morgan fingerprint density at radius 2 is 1.94 bits per heavy atom. The Balaban J connectivity index is 2.11. The van der Waals surface area contributed by atoms with Crippen LogP contribution in [-0.4, -0.2) is 9.55 Å². The van der Waals surface area contributed by atoms with Crippen molar-refractivity contribution in [1.29, 1.82) is 0 Å². The molecule has 2 aromatic rings. The standard InChI is InChI=1S/C13H15N3/c1-16-12(14)11(9-5-3-2-4-6-9)15-13(16)10-7-8-10/h2-6,10H,7-8,14H2,1H3. The number of nitrogens with zero attached hydrogens (tertiary/aromatic N) is 2. The van der Waals surface area contributed by atoms with Gasteiger partial charge in [-0.3, -0.25) is 0 Å². The average molecular weight is 213 g/mol. The third-order valence-electron chi connectivity index (χ3n) is 3.16. The number of benzene rings is 1. The van der Waals surface area contributed by atoms with E-state index in [1.807, 2.05) is 29.8 Å². The highest BCUT2D eigenvalue weighted by Crippen LogP contribution is 2.41. The Labute approximate surface area is 94.9 Å². The van der Waals surface area contributed by atoms with E-state index in [2.05, 4.69) is 17.1 Å². The van der Waals surface area contributed by atoms with Gasteiger partial charge in [-0.15, -0.1) is 0 Å². The molecule has 1 fully saturated rings. The molecule has 2 N–H and O–H groups in total. The normalized spacial score (nSPS) is 15.3. The van der Waals surface area contributed by atoms with Crippen molar-refractivity contribution >= 4 is 5.82 Å². The highest BCUT2D eigenvalue weighted by Gasteiger charge is 2.29. The lowest BCUT2D eigenvalue weighted by Crippen LogP contribution is -2.00. The van der Waals surface area contributed by atoms with Crippen LogP contribution < -0.4 is 5.73 Å². The van der Waals surface area contributed by atoms with Crippen LogP contribution in [-0.2, 0) is 7.05 Å². The van der Waals surface area contributed by atoms with Gasteiger partial charge in [0.1, 0.15) is 17.3 Å². The largest absolute Gasteiger partial charge is 0.383 e. The molecule has 1 saturated carbocycles. The predicted octanol–water partition coefficient (Wildman–Crippen LogP) is 2.55. The second kappa shape index (κ2) is 3.37. The number of anilines is 1. The number of imidazole rings is 1. The zero-order valence-corrected chi connectivity index (χ0v) is 9.35. The summed E-state index contributed by atoms with van der Waals surface area (Å²) in [6, 6.07) is 10.1. The van der Waals surface area contributed by atoms with E-state index in [0.29, 0.717) is 5.92 Å². The number of hydrogen-bond donors (Lipinski definition) is 1. The number of rotatable bonds is 2. The van der Waals surface area contributed by atoms with Crippen LogP contribution in [0.5, 0.6) is 0 Å². The van der Waals surface area contributed by atoms with E-state index in [0.717, 1.165) is 22.9 Å². The van der Waals surface area contributed by atoms with Gasteiger partial charge in [0.25, 0.3) is 0 Å². The Morgan fingerprint density at radius 1 is 1.25 bits per heavy atom. The van der Waals surface area contributed by atoms with Crippen molar-refractivity contribution in [2.45, 2.75) is 18.8 Å². The molecule has 3 nitrogen and oxygen atoms in total. The molecular formula is C13H15N3. The van der Waals surface area contributed by atoms with Gasteiger partial charge < -0.3 is 10.3 Å². The van der Waals surface area contributed by atoms with Gasteiger partial charge in [-0.1, -0.05) is 30.3 Å². The minimum atomic E-state index is 0.629. The van der Waals surface area contributed by atoms with E-state index < -0.39 is 0 Å². The fourth-order valence-corrected chi connectivity index (χ4v) is 2.04. The van der Waals surface area contributed by atoms with Gasteiger partial charge in [0.2, 0.25) is 0 Å². The summed E-state index contributed by atoms with van der Waals surface area (Å²) in [5.41, 5.74) is 8.12. The molecule has 16 heavy (non-hydrogen) atoms. The third kappa shape index (κ3) is 1.40. The minimum Gasteiger partial charge on any atom is -0.383 e. The monoisotopic (exact) mass is 213 g/mol. The lowest BCUT2D eigenvalue weighted by Gasteiger charge is -2.00. The topological polar surface area (TPSA) is 43.8 Å². The first-order valence-corrected chi connectivity index (χ1v) is 5.65. The van der Waals surface area contributed by atoms with Gasteiger partial charge >= 0.3 is 0 Å². The van der Waals surface area contributed by atoms with Gasteiger partial charge in [0.15, 0.2) is 0 Å². The molecule has 0 atom stereocenters. The van der Waals surface area contributed by atoms with E-state index in [-0.39, 0.29) is 0 Å². The molecule has 0 saturated heterocycles. The van der Waals surface area contributed by atoms with E-state index >= 15 is 0 Å². The lowest BCUT2D eigenvalue weighted by atomic mass is 10.1. The minimum absolute atomic E-state index is 0.629. The molecule has 0 amide bonds. The average Bonchev–Trinajstić information content (AvgIpc) is 3.10. The predicted molar refractivity (Wildman–Crippen MR) is 65.0 cm³/mol. The van der Waals surface area contributed by atoms with Crippen LogP contribution in [0.2, 0.25) is 0 Å². The van der Waals surface area contributed by atoms with Crippen molar-refractivity contribution < 1.29 is 0 Å². The first-order valence-electron chi connectivity index (χ1n) is 5.65. The summed E-state index contributed by atoms with van der Waals surface area (Å²) in [7, 11) is 2.00. The summed E-state index contributed by atoms with van der Waals surface area (Å²) in [6.45, 7) is 0. The Morgan fingerprint density at radius 3 is 2.56 bits per heavy atom. The van der Waals surface area contributed by atoms with Crippen molar-refractivity contribution in [3.63, 3.8) is 0 Å². The third-order valence-corrected chi connectivity index (χ3v) is 3.16. The van der Waals surface area contributed by atoms with Gasteiger partial charge in [-0.2, -0.15) is 0 Å². The fourth-order valence-electron chi connectivity index (χ4n) is 2.04. The van der Waals surface area contributed by atoms with E-state index in [4.69, 9.17) is 5.73 Å². The Bertz CT molecular complexity index is 509. The van der Waals surface area contributed by atoms with Crippen LogP contribution in [0.3, 0.4) is 0 Å². The molecule has 82 valence electrons. The van der Waals surface area contributed by atoms with E-state index in [9.17, 15) is 0 Å². The highest BCUT2D eigenvalue weighted by atomic mass is 15.1. The van der Waals surface area contributed by atoms with Crippen LogP contribution >= 0.6 is 0 Å². The van der Waals surface area contributed by atoms with Crippen LogP contribution in [0.1, 0.15) is 24.6 Å². The van der Waals surface area contributed by atoms with Crippen molar-refractivity contribution in [1.82, 2.24) is 9.55 Å². The molecule has 1 aliphatic rings. The molecule has 3 rings (SSSR count). The quantitative estimate of drug-likeness (QED) is 0.833. The molecule has 0 bridgehead atoms. The lowest BCUT2D eigenvalue weighted by molar-refractivity contribution is 0.807. The Kier molecular flexibility index (Phi) is 1.99. The highest BCUT2D eigenvalue weighted by molar-refractivity contribution is 5.71. The summed E-state index contributed by atoms with van der Waals surface area (Å²) in [4.78, 5) is 4.68. The summed E-state index contributed by atoms with van der Waals surface area (Å²) in [5, 5.41) is 0. The number of aromatic nitrogens is 2. The smallest absolute Gasteiger partial charge is 0.131 e. The van der Waals surface area contributed by atoms with E-state index in [1.165, 1.54) is 12.8 Å². The number of nitrogen functional groups attached to an aromatic ring is 1. The molecular weight excluding hydrogens is 198 g/mol. The second-order valence-corrected chi connectivity index (χ2v) is 4.40. The van der Waals surface area contributed by atoms with Gasteiger partial charge in [0, 0.05) is 18.5 Å². The maximum Gasteiger partial charge on any atom is 0.131 e. The first-order chi connectivity index (χ1) is 7.77. The molecule has 1 aliphatic carbocycles.